The van der Waals surface area contributed by atoms with Crippen molar-refractivity contribution in [3.05, 3.63) is 0 Å². The minimum Gasteiger partial charge on any atom is -0.383 e. The summed E-state index contributed by atoms with van der Waals surface area (Å²) >= 11 is 5.70. The molecule has 1 aliphatic rings. The summed E-state index contributed by atoms with van der Waals surface area (Å²) in [6, 6.07) is -0.138. The van der Waals surface area contributed by atoms with E-state index in [1.807, 2.05) is 6.92 Å². The number of hydrogen-bond acceptors (Lipinski definition) is 3. The molecule has 0 aromatic heterocycles. The molecular formula is C10H18ClNO3. The Morgan fingerprint density at radius 2 is 2.47 bits per heavy atom. The molecule has 0 aliphatic carbocycles. The fraction of sp³-hybridized carbons (Fsp3) is 0.900. The average molecular weight is 236 g/mol. The molecule has 1 aliphatic heterocycles. The Morgan fingerprint density at radius 1 is 1.73 bits per heavy atom. The van der Waals surface area contributed by atoms with Gasteiger partial charge in [0.05, 0.1) is 12.6 Å². The van der Waals surface area contributed by atoms with Gasteiger partial charge in [-0.25, -0.2) is 0 Å². The number of ether oxygens (including phenoxy) is 2. The topological polar surface area (TPSA) is 47.6 Å². The van der Waals surface area contributed by atoms with Crippen LogP contribution in [0.5, 0.6) is 0 Å². The molecule has 1 heterocycles. The number of halogens is 1. The minimum atomic E-state index is -0.326. The van der Waals surface area contributed by atoms with E-state index in [1.54, 1.807) is 7.11 Å². The van der Waals surface area contributed by atoms with Gasteiger partial charge in [-0.15, -0.1) is 11.6 Å². The third-order valence-electron chi connectivity index (χ3n) is 2.55. The summed E-state index contributed by atoms with van der Waals surface area (Å²) in [6.07, 6.45) is 0.612. The number of carbonyl (C=O) groups excluding carboxylic acids is 1. The lowest BCUT2D eigenvalue weighted by molar-refractivity contribution is -0.132. The van der Waals surface area contributed by atoms with Gasteiger partial charge in [0.2, 0.25) is 5.91 Å². The SMILES string of the molecule is COCC(CCl)NC(=O)C1OCCC1C. The van der Waals surface area contributed by atoms with Crippen molar-refractivity contribution in [3.8, 4) is 0 Å². The normalized spacial score (nSPS) is 27.7. The van der Waals surface area contributed by atoms with E-state index in [0.29, 0.717) is 19.1 Å². The highest BCUT2D eigenvalue weighted by molar-refractivity contribution is 6.18. The first-order valence-corrected chi connectivity index (χ1v) is 5.69. The summed E-state index contributed by atoms with van der Waals surface area (Å²) in [4.78, 5) is 11.7. The highest BCUT2D eigenvalue weighted by Crippen LogP contribution is 2.20. The van der Waals surface area contributed by atoms with Crippen LogP contribution in [0.1, 0.15) is 13.3 Å². The Hall–Kier alpha value is -0.320. The van der Waals surface area contributed by atoms with Gasteiger partial charge in [0.25, 0.3) is 0 Å². The second kappa shape index (κ2) is 6.30. The fourth-order valence-corrected chi connectivity index (χ4v) is 1.81. The zero-order chi connectivity index (χ0) is 11.3. The van der Waals surface area contributed by atoms with Gasteiger partial charge in [0.1, 0.15) is 6.10 Å². The Labute approximate surface area is 95.3 Å². The number of amides is 1. The number of nitrogens with one attached hydrogen (secondary N) is 1. The predicted octanol–water partition coefficient (Wildman–Crippen LogP) is 0.781. The number of methoxy groups -OCH3 is 1. The van der Waals surface area contributed by atoms with Crippen molar-refractivity contribution in [2.75, 3.05) is 26.2 Å². The van der Waals surface area contributed by atoms with Crippen LogP contribution in [0, 0.1) is 5.92 Å². The molecule has 1 amide bonds. The Kier molecular flexibility index (Phi) is 5.36. The molecule has 0 radical (unpaired) electrons. The summed E-state index contributed by atoms with van der Waals surface area (Å²) in [6.45, 7) is 3.11. The van der Waals surface area contributed by atoms with Crippen molar-refractivity contribution in [2.45, 2.75) is 25.5 Å². The Bertz CT molecular complexity index is 213. The molecule has 1 fully saturated rings. The Morgan fingerprint density at radius 3 is 2.93 bits per heavy atom. The van der Waals surface area contributed by atoms with Gasteiger partial charge in [-0.05, 0) is 12.3 Å². The van der Waals surface area contributed by atoms with E-state index < -0.39 is 0 Å². The largest absolute Gasteiger partial charge is 0.383 e. The monoisotopic (exact) mass is 235 g/mol. The van der Waals surface area contributed by atoms with E-state index >= 15 is 0 Å². The van der Waals surface area contributed by atoms with Crippen LogP contribution >= 0.6 is 11.6 Å². The average Bonchev–Trinajstić information content (AvgIpc) is 2.63. The molecule has 0 saturated carbocycles. The van der Waals surface area contributed by atoms with Crippen molar-refractivity contribution in [3.63, 3.8) is 0 Å². The summed E-state index contributed by atoms with van der Waals surface area (Å²) in [5.41, 5.74) is 0. The number of hydrogen-bond donors (Lipinski definition) is 1. The lowest BCUT2D eigenvalue weighted by Crippen LogP contribution is -2.45. The van der Waals surface area contributed by atoms with E-state index in [1.165, 1.54) is 0 Å². The molecule has 15 heavy (non-hydrogen) atoms. The maximum atomic E-state index is 11.7. The molecular weight excluding hydrogens is 218 g/mol. The molecule has 1 N–H and O–H groups in total. The van der Waals surface area contributed by atoms with Crippen molar-refractivity contribution < 1.29 is 14.3 Å². The molecule has 3 unspecified atom stereocenters. The lowest BCUT2D eigenvalue weighted by atomic mass is 10.0. The van der Waals surface area contributed by atoms with Crippen LogP contribution in [0.15, 0.2) is 0 Å². The molecule has 0 spiro atoms. The smallest absolute Gasteiger partial charge is 0.249 e. The molecule has 4 nitrogen and oxygen atoms in total. The summed E-state index contributed by atoms with van der Waals surface area (Å²) in [7, 11) is 1.58. The first kappa shape index (κ1) is 12.7. The third kappa shape index (κ3) is 3.63. The zero-order valence-corrected chi connectivity index (χ0v) is 9.92. The molecule has 0 bridgehead atoms. The van der Waals surface area contributed by atoms with E-state index in [4.69, 9.17) is 21.1 Å². The number of carbonyl (C=O) groups is 1. The van der Waals surface area contributed by atoms with Crippen LogP contribution in [0.25, 0.3) is 0 Å². The minimum absolute atomic E-state index is 0.0808. The quantitative estimate of drug-likeness (QED) is 0.717. The van der Waals surface area contributed by atoms with Gasteiger partial charge in [-0.3, -0.25) is 4.79 Å². The Balaban J connectivity index is 2.39. The third-order valence-corrected chi connectivity index (χ3v) is 2.92. The summed E-state index contributed by atoms with van der Waals surface area (Å²) in [5, 5.41) is 2.82. The highest BCUT2D eigenvalue weighted by Gasteiger charge is 2.31. The predicted molar refractivity (Wildman–Crippen MR) is 58.0 cm³/mol. The number of rotatable bonds is 5. The molecule has 0 aromatic rings. The van der Waals surface area contributed by atoms with Crippen molar-refractivity contribution >= 4 is 17.5 Å². The van der Waals surface area contributed by atoms with E-state index in [9.17, 15) is 4.79 Å². The molecule has 1 saturated heterocycles. The standard InChI is InChI=1S/C10H18ClNO3/c1-7-3-4-15-9(7)10(13)12-8(5-11)6-14-2/h7-9H,3-6H2,1-2H3,(H,12,13). The maximum Gasteiger partial charge on any atom is 0.249 e. The van der Waals surface area contributed by atoms with E-state index in [0.717, 1.165) is 6.42 Å². The fourth-order valence-electron chi connectivity index (χ4n) is 1.64. The summed E-state index contributed by atoms with van der Waals surface area (Å²) in [5.74, 6) is 0.548. The van der Waals surface area contributed by atoms with E-state index in [-0.39, 0.29) is 24.0 Å². The van der Waals surface area contributed by atoms with Crippen LogP contribution in [-0.2, 0) is 14.3 Å². The molecule has 88 valence electrons. The molecule has 3 atom stereocenters. The van der Waals surface area contributed by atoms with Crippen molar-refractivity contribution in [1.82, 2.24) is 5.32 Å². The van der Waals surface area contributed by atoms with Gasteiger partial charge in [-0.1, -0.05) is 6.92 Å². The first-order chi connectivity index (χ1) is 7.19. The molecule has 1 rings (SSSR count). The number of alkyl halides is 1. The van der Waals surface area contributed by atoms with Crippen molar-refractivity contribution in [2.24, 2.45) is 5.92 Å². The first-order valence-electron chi connectivity index (χ1n) is 5.16. The van der Waals surface area contributed by atoms with Gasteiger partial charge in [0, 0.05) is 19.6 Å². The van der Waals surface area contributed by atoms with Crippen LogP contribution in [-0.4, -0.2) is 44.3 Å². The van der Waals surface area contributed by atoms with Crippen LogP contribution in [0.3, 0.4) is 0 Å². The van der Waals surface area contributed by atoms with Gasteiger partial charge in [0.15, 0.2) is 0 Å². The zero-order valence-electron chi connectivity index (χ0n) is 9.16. The highest BCUT2D eigenvalue weighted by atomic mass is 35.5. The van der Waals surface area contributed by atoms with Gasteiger partial charge in [-0.2, -0.15) is 0 Å². The molecule has 5 heteroatoms. The summed E-state index contributed by atoms with van der Waals surface area (Å²) < 4.78 is 10.3. The van der Waals surface area contributed by atoms with Gasteiger partial charge >= 0.3 is 0 Å². The van der Waals surface area contributed by atoms with Crippen LogP contribution in [0.4, 0.5) is 0 Å². The van der Waals surface area contributed by atoms with Gasteiger partial charge < -0.3 is 14.8 Å². The van der Waals surface area contributed by atoms with Crippen molar-refractivity contribution in [1.29, 1.82) is 0 Å². The second-order valence-corrected chi connectivity index (χ2v) is 4.18. The van der Waals surface area contributed by atoms with E-state index in [2.05, 4.69) is 5.32 Å². The van der Waals surface area contributed by atoms with Crippen LogP contribution in [0.2, 0.25) is 0 Å². The van der Waals surface area contributed by atoms with Crippen LogP contribution < -0.4 is 5.32 Å². The lowest BCUT2D eigenvalue weighted by Gasteiger charge is -2.19. The maximum absolute atomic E-state index is 11.7. The second-order valence-electron chi connectivity index (χ2n) is 3.87. The molecule has 0 aromatic carbocycles.